The highest BCUT2D eigenvalue weighted by molar-refractivity contribution is 7.98. The van der Waals surface area contributed by atoms with Crippen molar-refractivity contribution in [1.82, 2.24) is 4.90 Å². The van der Waals surface area contributed by atoms with Crippen molar-refractivity contribution in [2.24, 2.45) is 0 Å². The molecule has 1 atom stereocenters. The predicted molar refractivity (Wildman–Crippen MR) is 70.7 cm³/mol. The number of benzene rings is 1. The summed E-state index contributed by atoms with van der Waals surface area (Å²) >= 11 is 1.57. The lowest BCUT2D eigenvalue weighted by molar-refractivity contribution is 0.0752. The van der Waals surface area contributed by atoms with Gasteiger partial charge in [0.1, 0.15) is 5.82 Å². The van der Waals surface area contributed by atoms with E-state index in [2.05, 4.69) is 0 Å². The molecule has 0 radical (unpaired) electrons. The molecule has 1 amide bonds. The Morgan fingerprint density at radius 2 is 2.11 bits per heavy atom. The van der Waals surface area contributed by atoms with Crippen LogP contribution in [0.15, 0.2) is 12.1 Å². The van der Waals surface area contributed by atoms with Crippen molar-refractivity contribution < 1.29 is 13.6 Å². The number of amides is 1. The van der Waals surface area contributed by atoms with Gasteiger partial charge in [-0.25, -0.2) is 8.78 Å². The van der Waals surface area contributed by atoms with E-state index in [9.17, 15) is 13.6 Å². The lowest BCUT2D eigenvalue weighted by Gasteiger charge is -2.24. The molecule has 0 aliphatic carbocycles. The van der Waals surface area contributed by atoms with Crippen LogP contribution in [0.5, 0.6) is 0 Å². The van der Waals surface area contributed by atoms with Crippen LogP contribution in [0.25, 0.3) is 0 Å². The van der Waals surface area contributed by atoms with Gasteiger partial charge in [-0.05, 0) is 25.3 Å². The highest BCUT2D eigenvalue weighted by Crippen LogP contribution is 2.19. The van der Waals surface area contributed by atoms with Crippen LogP contribution in [0.3, 0.4) is 0 Å². The number of thioether (sulfide) groups is 1. The summed E-state index contributed by atoms with van der Waals surface area (Å²) in [7, 11) is 1.56. The molecule has 0 aliphatic rings. The Hall–Kier alpha value is -1.30. The Kier molecular flexibility index (Phi) is 4.95. The SMILES string of the molecule is CSCC(C)N(C)C(=O)c1cc(F)cc(N)c1F. The third kappa shape index (κ3) is 3.13. The van der Waals surface area contributed by atoms with Gasteiger partial charge in [0.25, 0.3) is 5.91 Å². The largest absolute Gasteiger partial charge is 0.396 e. The fraction of sp³-hybridized carbons (Fsp3) is 0.417. The Morgan fingerprint density at radius 3 is 2.67 bits per heavy atom. The summed E-state index contributed by atoms with van der Waals surface area (Å²) in [5.41, 5.74) is 4.62. The number of rotatable bonds is 4. The maximum Gasteiger partial charge on any atom is 0.257 e. The van der Waals surface area contributed by atoms with Gasteiger partial charge in [-0.1, -0.05) is 0 Å². The molecule has 6 heteroatoms. The van der Waals surface area contributed by atoms with Crippen LogP contribution in [-0.4, -0.2) is 35.9 Å². The zero-order valence-corrected chi connectivity index (χ0v) is 11.4. The van der Waals surface area contributed by atoms with Crippen LogP contribution in [0, 0.1) is 11.6 Å². The van der Waals surface area contributed by atoms with Crippen molar-refractivity contribution in [3.63, 3.8) is 0 Å². The maximum absolute atomic E-state index is 13.7. The van der Waals surface area contributed by atoms with Crippen molar-refractivity contribution in [1.29, 1.82) is 0 Å². The Morgan fingerprint density at radius 1 is 1.50 bits per heavy atom. The molecule has 1 aromatic carbocycles. The average molecular weight is 274 g/mol. The fourth-order valence-corrected chi connectivity index (χ4v) is 2.22. The summed E-state index contributed by atoms with van der Waals surface area (Å²) in [5, 5.41) is 0. The van der Waals surface area contributed by atoms with E-state index in [1.54, 1.807) is 18.8 Å². The zero-order valence-electron chi connectivity index (χ0n) is 10.5. The quantitative estimate of drug-likeness (QED) is 0.857. The lowest BCUT2D eigenvalue weighted by atomic mass is 10.1. The summed E-state index contributed by atoms with van der Waals surface area (Å²) in [4.78, 5) is 13.4. The van der Waals surface area contributed by atoms with Gasteiger partial charge < -0.3 is 10.6 Å². The second-order valence-corrected chi connectivity index (χ2v) is 4.99. The molecule has 1 aromatic rings. The summed E-state index contributed by atoms with van der Waals surface area (Å²) in [5.74, 6) is -1.44. The van der Waals surface area contributed by atoms with Crippen molar-refractivity contribution in [2.45, 2.75) is 13.0 Å². The van der Waals surface area contributed by atoms with E-state index in [1.807, 2.05) is 13.2 Å². The molecule has 18 heavy (non-hydrogen) atoms. The number of carbonyl (C=O) groups is 1. The second-order valence-electron chi connectivity index (χ2n) is 4.08. The first-order valence-corrected chi connectivity index (χ1v) is 6.78. The lowest BCUT2D eigenvalue weighted by Crippen LogP contribution is -2.37. The average Bonchev–Trinajstić information content (AvgIpc) is 2.32. The molecule has 0 fully saturated rings. The van der Waals surface area contributed by atoms with Crippen LogP contribution in [-0.2, 0) is 0 Å². The number of hydrogen-bond donors (Lipinski definition) is 1. The molecular weight excluding hydrogens is 258 g/mol. The van der Waals surface area contributed by atoms with Gasteiger partial charge in [0, 0.05) is 18.8 Å². The topological polar surface area (TPSA) is 46.3 Å². The second kappa shape index (κ2) is 6.04. The molecule has 0 bridgehead atoms. The van der Waals surface area contributed by atoms with E-state index in [0.717, 1.165) is 12.1 Å². The van der Waals surface area contributed by atoms with Gasteiger partial charge in [-0.3, -0.25) is 4.79 Å². The predicted octanol–water partition coefficient (Wildman–Crippen LogP) is 2.37. The van der Waals surface area contributed by atoms with Gasteiger partial charge in [-0.15, -0.1) is 0 Å². The molecule has 0 heterocycles. The summed E-state index contributed by atoms with van der Waals surface area (Å²) < 4.78 is 26.9. The standard InChI is InChI=1S/C12H16F2N2OS/c1-7(6-18-3)16(2)12(17)9-4-8(13)5-10(15)11(9)14/h4-5,7H,6,15H2,1-3H3. The normalized spacial score (nSPS) is 12.3. The summed E-state index contributed by atoms with van der Waals surface area (Å²) in [6.45, 7) is 1.84. The molecule has 0 aliphatic heterocycles. The minimum absolute atomic E-state index is 0.0728. The number of nitrogens with zero attached hydrogens (tertiary/aromatic N) is 1. The number of halogens is 2. The Bertz CT molecular complexity index is 454. The molecule has 3 nitrogen and oxygen atoms in total. The molecule has 1 rings (SSSR count). The molecule has 100 valence electrons. The molecule has 1 unspecified atom stereocenters. The molecular formula is C12H16F2N2OS. The number of carbonyl (C=O) groups excluding carboxylic acids is 1. The van der Waals surface area contributed by atoms with E-state index < -0.39 is 17.5 Å². The minimum atomic E-state index is -0.871. The van der Waals surface area contributed by atoms with Gasteiger partial charge in [0.05, 0.1) is 11.3 Å². The van der Waals surface area contributed by atoms with Gasteiger partial charge >= 0.3 is 0 Å². The van der Waals surface area contributed by atoms with E-state index in [0.29, 0.717) is 5.75 Å². The third-order valence-electron chi connectivity index (χ3n) is 2.69. The van der Waals surface area contributed by atoms with Gasteiger partial charge in [0.2, 0.25) is 0 Å². The molecule has 0 saturated heterocycles. The van der Waals surface area contributed by atoms with Crippen molar-refractivity contribution in [3.05, 3.63) is 29.3 Å². The molecule has 0 spiro atoms. The highest BCUT2D eigenvalue weighted by Gasteiger charge is 2.22. The van der Waals surface area contributed by atoms with Gasteiger partial charge in [0.15, 0.2) is 5.82 Å². The van der Waals surface area contributed by atoms with Gasteiger partial charge in [-0.2, -0.15) is 11.8 Å². The third-order valence-corrected chi connectivity index (χ3v) is 3.50. The molecule has 2 N–H and O–H groups in total. The Balaban J connectivity index is 3.04. The van der Waals surface area contributed by atoms with E-state index in [4.69, 9.17) is 5.73 Å². The smallest absolute Gasteiger partial charge is 0.257 e. The monoisotopic (exact) mass is 274 g/mol. The number of hydrogen-bond acceptors (Lipinski definition) is 3. The van der Waals surface area contributed by atoms with Crippen molar-refractivity contribution in [3.8, 4) is 0 Å². The number of nitrogens with two attached hydrogens (primary N) is 1. The van der Waals surface area contributed by atoms with Crippen LogP contribution < -0.4 is 5.73 Å². The van der Waals surface area contributed by atoms with E-state index >= 15 is 0 Å². The highest BCUT2D eigenvalue weighted by atomic mass is 32.2. The van der Waals surface area contributed by atoms with Crippen molar-refractivity contribution in [2.75, 3.05) is 24.8 Å². The van der Waals surface area contributed by atoms with E-state index in [1.165, 1.54) is 4.90 Å². The minimum Gasteiger partial charge on any atom is -0.396 e. The Labute approximate surface area is 109 Å². The first-order valence-electron chi connectivity index (χ1n) is 5.39. The zero-order chi connectivity index (χ0) is 13.9. The van der Waals surface area contributed by atoms with Crippen molar-refractivity contribution >= 4 is 23.4 Å². The number of nitrogen functional groups attached to an aromatic ring is 1. The van der Waals surface area contributed by atoms with Crippen LogP contribution in [0.4, 0.5) is 14.5 Å². The summed E-state index contributed by atoms with van der Waals surface area (Å²) in [6, 6.07) is 1.66. The molecule has 0 saturated carbocycles. The maximum atomic E-state index is 13.7. The summed E-state index contributed by atoms with van der Waals surface area (Å²) in [6.07, 6.45) is 1.91. The first-order chi connectivity index (χ1) is 8.38. The van der Waals surface area contributed by atoms with Crippen LogP contribution in [0.1, 0.15) is 17.3 Å². The number of anilines is 1. The fourth-order valence-electron chi connectivity index (χ4n) is 1.51. The van der Waals surface area contributed by atoms with E-state index in [-0.39, 0.29) is 17.3 Å². The van der Waals surface area contributed by atoms with Crippen LogP contribution in [0.2, 0.25) is 0 Å². The first kappa shape index (κ1) is 14.8. The van der Waals surface area contributed by atoms with Crippen LogP contribution >= 0.6 is 11.8 Å². The molecule has 0 aromatic heterocycles.